The lowest BCUT2D eigenvalue weighted by Gasteiger charge is -2.38. The van der Waals surface area contributed by atoms with Crippen LogP contribution in [0.3, 0.4) is 0 Å². The molecule has 0 aromatic rings. The van der Waals surface area contributed by atoms with E-state index in [2.05, 4.69) is 46.4 Å². The molecule has 0 fully saturated rings. The van der Waals surface area contributed by atoms with E-state index in [0.717, 1.165) is 18.7 Å². The fourth-order valence-corrected chi connectivity index (χ4v) is 9.82. The molecule has 0 saturated heterocycles. The minimum Gasteiger partial charge on any atom is -0.351 e. The van der Waals surface area contributed by atoms with Gasteiger partial charge in [0.25, 0.3) is 0 Å². The smallest absolute Gasteiger partial charge is 0.209 e. The molecule has 0 radical (unpaired) electrons. The van der Waals surface area contributed by atoms with E-state index in [-0.39, 0.29) is 0 Å². The van der Waals surface area contributed by atoms with Crippen LogP contribution in [-0.4, -0.2) is 39.8 Å². The highest BCUT2D eigenvalue weighted by molar-refractivity contribution is 6.81. The maximum atomic E-state index is 11.5. The van der Waals surface area contributed by atoms with Crippen molar-refractivity contribution in [1.82, 2.24) is 4.90 Å². The van der Waals surface area contributed by atoms with Crippen LogP contribution >= 0.6 is 0 Å². The third-order valence-electron chi connectivity index (χ3n) is 5.73. The van der Waals surface area contributed by atoms with Gasteiger partial charge in [0.05, 0.1) is 16.1 Å². The fraction of sp³-hybridized carbons (Fsp3) is 0.933. The van der Waals surface area contributed by atoms with Gasteiger partial charge in [0.15, 0.2) is 0 Å². The Bertz CT molecular complexity index is 212. The van der Waals surface area contributed by atoms with Crippen molar-refractivity contribution in [3.8, 4) is 0 Å². The van der Waals surface area contributed by atoms with Gasteiger partial charge in [-0.1, -0.05) is 77.8 Å². The first kappa shape index (κ1) is 18.9. The van der Waals surface area contributed by atoms with Crippen LogP contribution in [0.4, 0.5) is 0 Å². The quantitative estimate of drug-likeness (QED) is 0.405. The zero-order valence-corrected chi connectivity index (χ0v) is 16.1. The molecular weight excluding hydrogens is 266 g/mol. The molecule has 0 aliphatic rings. The third-order valence-corrected chi connectivity index (χ3v) is 16.9. The van der Waals surface area contributed by atoms with E-state index >= 15 is 0 Å². The van der Waals surface area contributed by atoms with Gasteiger partial charge in [0, 0.05) is 12.3 Å². The van der Waals surface area contributed by atoms with Crippen molar-refractivity contribution < 1.29 is 4.79 Å². The van der Waals surface area contributed by atoms with E-state index < -0.39 is 16.1 Å². The maximum Gasteiger partial charge on any atom is 0.209 e. The van der Waals surface area contributed by atoms with Crippen molar-refractivity contribution in [3.05, 3.63) is 0 Å². The summed E-state index contributed by atoms with van der Waals surface area (Å²) in [7, 11) is -2.45. The second-order valence-electron chi connectivity index (χ2n) is 6.13. The predicted molar refractivity (Wildman–Crippen MR) is 92.0 cm³/mol. The average Bonchev–Trinajstić information content (AvgIpc) is 2.49. The lowest BCUT2D eigenvalue weighted by molar-refractivity contribution is -0.116. The number of nitrogens with zero attached hydrogens (tertiary/aromatic N) is 1. The Morgan fingerprint density at radius 3 is 1.11 bits per heavy atom. The van der Waals surface area contributed by atoms with Crippen molar-refractivity contribution >= 4 is 22.6 Å². The molecule has 0 saturated carbocycles. The van der Waals surface area contributed by atoms with Crippen LogP contribution in [0.2, 0.25) is 36.3 Å². The number of carbonyl (C=O) groups is 1. The molecule has 0 spiro atoms. The van der Waals surface area contributed by atoms with Gasteiger partial charge in [0.1, 0.15) is 0 Å². The zero-order valence-electron chi connectivity index (χ0n) is 14.1. The first-order valence-electron chi connectivity index (χ1n) is 8.20. The highest BCUT2D eigenvalue weighted by Gasteiger charge is 2.34. The Labute approximate surface area is 123 Å². The van der Waals surface area contributed by atoms with Crippen molar-refractivity contribution in [2.75, 3.05) is 12.3 Å². The largest absolute Gasteiger partial charge is 0.351 e. The Morgan fingerprint density at radius 2 is 0.947 bits per heavy atom. The highest BCUT2D eigenvalue weighted by atomic mass is 28.3. The molecular formula is C15H35NOSi2. The topological polar surface area (TPSA) is 20.3 Å². The van der Waals surface area contributed by atoms with Gasteiger partial charge < -0.3 is 4.90 Å². The first-order valence-corrected chi connectivity index (χ1v) is 13.9. The summed E-state index contributed by atoms with van der Waals surface area (Å²) in [4.78, 5) is 13.7. The molecule has 0 aromatic heterocycles. The van der Waals surface area contributed by atoms with Gasteiger partial charge in [-0.05, 0) is 0 Å². The summed E-state index contributed by atoms with van der Waals surface area (Å²) in [5.41, 5.74) is 0. The minimum absolute atomic E-state index is 1.09. The van der Waals surface area contributed by atoms with Crippen molar-refractivity contribution in [2.24, 2.45) is 0 Å². The summed E-state index contributed by atoms with van der Waals surface area (Å²) >= 11 is 0. The van der Waals surface area contributed by atoms with Gasteiger partial charge in [-0.2, -0.15) is 0 Å². The summed E-state index contributed by atoms with van der Waals surface area (Å²) in [6.07, 6.45) is 3.33. The molecule has 4 heteroatoms. The first-order chi connectivity index (χ1) is 9.00. The molecule has 0 aromatic carbocycles. The van der Waals surface area contributed by atoms with Gasteiger partial charge in [-0.3, -0.25) is 4.79 Å². The van der Waals surface area contributed by atoms with Gasteiger partial charge in [0.2, 0.25) is 6.41 Å². The van der Waals surface area contributed by atoms with Crippen molar-refractivity contribution in [1.29, 1.82) is 0 Å². The highest BCUT2D eigenvalue weighted by Crippen LogP contribution is 2.25. The van der Waals surface area contributed by atoms with Gasteiger partial charge >= 0.3 is 0 Å². The summed E-state index contributed by atoms with van der Waals surface area (Å²) in [5.74, 6) is 0. The molecule has 0 aliphatic heterocycles. The summed E-state index contributed by atoms with van der Waals surface area (Å²) < 4.78 is 0. The standard InChI is InChI=1S/C15H35NOSi2/c1-7-18(8-2,9-3)14-16(13-17)15-19(10-4,11-5)12-6/h13H,7-12,14-15H2,1-6H3. The summed E-state index contributed by atoms with van der Waals surface area (Å²) in [5, 5.41) is 0. The molecule has 114 valence electrons. The molecule has 0 heterocycles. The number of hydrogen-bond acceptors (Lipinski definition) is 1. The van der Waals surface area contributed by atoms with Crippen LogP contribution < -0.4 is 0 Å². The summed E-state index contributed by atoms with van der Waals surface area (Å²) in [6.45, 7) is 14.0. The lowest BCUT2D eigenvalue weighted by Crippen LogP contribution is -2.52. The number of carbonyl (C=O) groups excluding carboxylic acids is 1. The Balaban J connectivity index is 4.88. The Morgan fingerprint density at radius 1 is 0.684 bits per heavy atom. The van der Waals surface area contributed by atoms with Crippen LogP contribution in [0.15, 0.2) is 0 Å². The monoisotopic (exact) mass is 301 g/mol. The summed E-state index contributed by atoms with van der Waals surface area (Å²) in [6, 6.07) is 7.85. The van der Waals surface area contributed by atoms with Crippen LogP contribution in [0.25, 0.3) is 0 Å². The van der Waals surface area contributed by atoms with Crippen molar-refractivity contribution in [3.63, 3.8) is 0 Å². The number of hydrogen-bond donors (Lipinski definition) is 0. The van der Waals surface area contributed by atoms with E-state index in [1.807, 2.05) is 0 Å². The molecule has 0 rings (SSSR count). The van der Waals surface area contributed by atoms with E-state index in [0.29, 0.717) is 0 Å². The second kappa shape index (κ2) is 8.95. The SMILES string of the molecule is CC[Si](CC)(CC)CN(C=O)C[Si](CC)(CC)CC. The second-order valence-corrected chi connectivity index (χ2v) is 17.0. The number of rotatable bonds is 11. The normalized spacial score (nSPS) is 12.5. The molecule has 2 nitrogen and oxygen atoms in total. The van der Waals surface area contributed by atoms with Gasteiger partial charge in [-0.15, -0.1) is 0 Å². The maximum absolute atomic E-state index is 11.5. The van der Waals surface area contributed by atoms with E-state index in [1.54, 1.807) is 0 Å². The Kier molecular flexibility index (Phi) is 8.91. The third kappa shape index (κ3) is 5.06. The molecule has 19 heavy (non-hydrogen) atoms. The predicted octanol–water partition coefficient (Wildman–Crippen LogP) is 4.54. The van der Waals surface area contributed by atoms with Crippen molar-refractivity contribution in [2.45, 2.75) is 77.8 Å². The van der Waals surface area contributed by atoms with Gasteiger partial charge in [-0.25, -0.2) is 0 Å². The molecule has 0 bridgehead atoms. The van der Waals surface area contributed by atoms with E-state index in [9.17, 15) is 4.79 Å². The average molecular weight is 302 g/mol. The Hall–Kier alpha value is -0.0962. The van der Waals surface area contributed by atoms with Crippen LogP contribution in [0.5, 0.6) is 0 Å². The van der Waals surface area contributed by atoms with Crippen LogP contribution in [-0.2, 0) is 4.79 Å². The fourth-order valence-electron chi connectivity index (χ4n) is 3.16. The number of amides is 1. The molecule has 0 atom stereocenters. The lowest BCUT2D eigenvalue weighted by atomic mass is 10.9. The van der Waals surface area contributed by atoms with E-state index in [1.165, 1.54) is 36.3 Å². The zero-order chi connectivity index (χ0) is 14.9. The minimum atomic E-state index is -1.22. The van der Waals surface area contributed by atoms with E-state index in [4.69, 9.17) is 0 Å². The molecule has 0 aliphatic carbocycles. The van der Waals surface area contributed by atoms with Crippen LogP contribution in [0, 0.1) is 0 Å². The molecule has 0 N–H and O–H groups in total. The molecule has 1 amide bonds. The molecule has 0 unspecified atom stereocenters. The van der Waals surface area contributed by atoms with Crippen LogP contribution in [0.1, 0.15) is 41.5 Å².